The van der Waals surface area contributed by atoms with Crippen molar-refractivity contribution in [2.45, 2.75) is 38.5 Å². The topological polar surface area (TPSA) is 23.8 Å². The summed E-state index contributed by atoms with van der Waals surface area (Å²) in [6.45, 7) is 0. The van der Waals surface area contributed by atoms with E-state index in [2.05, 4.69) is 12.3 Å². The maximum atomic E-state index is 8.25. The quantitative estimate of drug-likeness (QED) is 0.549. The number of hydrogen-bond acceptors (Lipinski definition) is 2. The second-order valence-electron chi connectivity index (χ2n) is 2.67. The van der Waals surface area contributed by atoms with Gasteiger partial charge in [0.25, 0.3) is 0 Å². The van der Waals surface area contributed by atoms with Crippen molar-refractivity contribution >= 4 is 11.8 Å². The Labute approximate surface area is 74.2 Å². The smallest absolute Gasteiger partial charge is 0.0621 e. The second kappa shape index (κ2) is 9.84. The van der Waals surface area contributed by atoms with Crippen LogP contribution in [0.3, 0.4) is 0 Å². The van der Waals surface area contributed by atoms with Gasteiger partial charge in [-0.2, -0.15) is 17.0 Å². The average molecular weight is 171 g/mol. The summed E-state index contributed by atoms with van der Waals surface area (Å²) in [7, 11) is 0. The number of hydrogen-bond donors (Lipinski definition) is 0. The lowest BCUT2D eigenvalue weighted by Gasteiger charge is -1.97. The Hall–Kier alpha value is -0.160. The standard InChI is InChI=1S/C9H17NS/c1-11-9-7-5-3-2-4-6-8-10/h2-7,9H2,1H3. The highest BCUT2D eigenvalue weighted by Crippen LogP contribution is 2.07. The molecular formula is C9H17NS. The molecule has 0 saturated heterocycles. The van der Waals surface area contributed by atoms with E-state index < -0.39 is 0 Å². The zero-order valence-corrected chi connectivity index (χ0v) is 8.12. The SMILES string of the molecule is CSCCCCCCCC#N. The zero-order valence-electron chi connectivity index (χ0n) is 7.31. The van der Waals surface area contributed by atoms with Gasteiger partial charge in [0.05, 0.1) is 6.07 Å². The van der Waals surface area contributed by atoms with Crippen molar-refractivity contribution in [1.82, 2.24) is 0 Å². The van der Waals surface area contributed by atoms with E-state index in [9.17, 15) is 0 Å². The maximum Gasteiger partial charge on any atom is 0.0621 e. The first kappa shape index (κ1) is 10.8. The summed E-state index contributed by atoms with van der Waals surface area (Å²) in [6.07, 6.45) is 9.21. The van der Waals surface area contributed by atoms with Crippen LogP contribution in [0.25, 0.3) is 0 Å². The molecule has 0 aromatic heterocycles. The molecule has 1 nitrogen and oxygen atoms in total. The van der Waals surface area contributed by atoms with Crippen molar-refractivity contribution in [2.24, 2.45) is 0 Å². The predicted octanol–water partition coefficient (Wildman–Crippen LogP) is 3.21. The normalized spacial score (nSPS) is 9.45. The monoisotopic (exact) mass is 171 g/mol. The lowest BCUT2D eigenvalue weighted by atomic mass is 10.1. The molecule has 0 unspecified atom stereocenters. The highest BCUT2D eigenvalue weighted by atomic mass is 32.2. The van der Waals surface area contributed by atoms with E-state index in [0.717, 1.165) is 12.8 Å². The molecule has 0 aliphatic carbocycles. The van der Waals surface area contributed by atoms with Crippen LogP contribution in [0.15, 0.2) is 0 Å². The molecule has 11 heavy (non-hydrogen) atoms. The average Bonchev–Trinajstić information content (AvgIpc) is 2.03. The number of nitrogens with zero attached hydrogens (tertiary/aromatic N) is 1. The Morgan fingerprint density at radius 1 is 1.09 bits per heavy atom. The molecule has 0 aliphatic rings. The molecule has 0 spiro atoms. The summed E-state index contributed by atoms with van der Waals surface area (Å²) in [6, 6.07) is 2.17. The summed E-state index contributed by atoms with van der Waals surface area (Å²) in [4.78, 5) is 0. The van der Waals surface area contributed by atoms with Gasteiger partial charge in [-0.05, 0) is 24.9 Å². The van der Waals surface area contributed by atoms with Crippen molar-refractivity contribution in [2.75, 3.05) is 12.0 Å². The molecule has 0 fully saturated rings. The van der Waals surface area contributed by atoms with Gasteiger partial charge >= 0.3 is 0 Å². The van der Waals surface area contributed by atoms with Crippen LogP contribution in [0.1, 0.15) is 38.5 Å². The molecule has 0 aromatic carbocycles. The lowest BCUT2D eigenvalue weighted by molar-refractivity contribution is 0.642. The third kappa shape index (κ3) is 9.84. The third-order valence-electron chi connectivity index (χ3n) is 1.64. The highest BCUT2D eigenvalue weighted by Gasteiger charge is 1.89. The predicted molar refractivity (Wildman–Crippen MR) is 51.7 cm³/mol. The van der Waals surface area contributed by atoms with E-state index in [-0.39, 0.29) is 0 Å². The molecule has 0 saturated carbocycles. The Morgan fingerprint density at radius 3 is 2.36 bits per heavy atom. The van der Waals surface area contributed by atoms with Crippen molar-refractivity contribution in [3.63, 3.8) is 0 Å². The highest BCUT2D eigenvalue weighted by molar-refractivity contribution is 7.98. The van der Waals surface area contributed by atoms with Gasteiger partial charge < -0.3 is 0 Å². The van der Waals surface area contributed by atoms with E-state index in [1.54, 1.807) is 0 Å². The summed E-state index contributed by atoms with van der Waals surface area (Å²) in [5.41, 5.74) is 0. The zero-order chi connectivity index (χ0) is 8.36. The first-order chi connectivity index (χ1) is 5.41. The van der Waals surface area contributed by atoms with Gasteiger partial charge in [0, 0.05) is 6.42 Å². The minimum atomic E-state index is 0.739. The number of rotatable bonds is 7. The van der Waals surface area contributed by atoms with Crippen LogP contribution in [-0.2, 0) is 0 Å². The van der Waals surface area contributed by atoms with Crippen LogP contribution in [0, 0.1) is 11.3 Å². The summed E-state index contributed by atoms with van der Waals surface area (Å²) < 4.78 is 0. The number of unbranched alkanes of at least 4 members (excludes halogenated alkanes) is 5. The van der Waals surface area contributed by atoms with Crippen LogP contribution in [0.4, 0.5) is 0 Å². The van der Waals surface area contributed by atoms with Crippen molar-refractivity contribution < 1.29 is 0 Å². The van der Waals surface area contributed by atoms with Crippen LogP contribution in [0.5, 0.6) is 0 Å². The minimum Gasteiger partial charge on any atom is -0.198 e. The Bertz CT molecular complexity index is 107. The number of nitriles is 1. The first-order valence-corrected chi connectivity index (χ1v) is 5.67. The fraction of sp³-hybridized carbons (Fsp3) is 0.889. The van der Waals surface area contributed by atoms with E-state index in [0.29, 0.717) is 0 Å². The lowest BCUT2D eigenvalue weighted by Crippen LogP contribution is -1.80. The van der Waals surface area contributed by atoms with Gasteiger partial charge in [-0.1, -0.05) is 19.3 Å². The number of thioether (sulfide) groups is 1. The van der Waals surface area contributed by atoms with E-state index >= 15 is 0 Å². The molecule has 2 heteroatoms. The fourth-order valence-corrected chi connectivity index (χ4v) is 1.47. The molecule has 0 aliphatic heterocycles. The van der Waals surface area contributed by atoms with E-state index in [4.69, 9.17) is 5.26 Å². The summed E-state index contributed by atoms with van der Waals surface area (Å²) in [5, 5.41) is 8.25. The first-order valence-electron chi connectivity index (χ1n) is 4.27. The van der Waals surface area contributed by atoms with E-state index in [1.807, 2.05) is 11.8 Å². The second-order valence-corrected chi connectivity index (χ2v) is 3.65. The van der Waals surface area contributed by atoms with Gasteiger partial charge in [-0.15, -0.1) is 0 Å². The Kier molecular flexibility index (Phi) is 9.70. The van der Waals surface area contributed by atoms with Crippen molar-refractivity contribution in [3.05, 3.63) is 0 Å². The molecular weight excluding hydrogens is 154 g/mol. The molecule has 0 rings (SSSR count). The van der Waals surface area contributed by atoms with Crippen LogP contribution in [0.2, 0.25) is 0 Å². The van der Waals surface area contributed by atoms with Gasteiger partial charge in [-0.25, -0.2) is 0 Å². The van der Waals surface area contributed by atoms with Crippen LogP contribution < -0.4 is 0 Å². The Balaban J connectivity index is 2.75. The summed E-state index contributed by atoms with van der Waals surface area (Å²) in [5.74, 6) is 1.29. The third-order valence-corrected chi connectivity index (χ3v) is 2.33. The minimum absolute atomic E-state index is 0.739. The van der Waals surface area contributed by atoms with Crippen molar-refractivity contribution in [1.29, 1.82) is 5.26 Å². The van der Waals surface area contributed by atoms with Gasteiger partial charge in [0.1, 0.15) is 0 Å². The Morgan fingerprint density at radius 2 is 1.73 bits per heavy atom. The molecule has 0 heterocycles. The molecule has 0 radical (unpaired) electrons. The largest absolute Gasteiger partial charge is 0.198 e. The van der Waals surface area contributed by atoms with Crippen molar-refractivity contribution in [3.8, 4) is 6.07 Å². The van der Waals surface area contributed by atoms with Gasteiger partial charge in [-0.3, -0.25) is 0 Å². The molecule has 0 N–H and O–H groups in total. The molecule has 0 bridgehead atoms. The van der Waals surface area contributed by atoms with Crippen LogP contribution >= 0.6 is 11.8 Å². The summed E-state index contributed by atoms with van der Waals surface area (Å²) >= 11 is 1.92. The molecule has 0 amide bonds. The molecule has 0 atom stereocenters. The maximum absolute atomic E-state index is 8.25. The molecule has 64 valence electrons. The van der Waals surface area contributed by atoms with Crippen LogP contribution in [-0.4, -0.2) is 12.0 Å². The van der Waals surface area contributed by atoms with Gasteiger partial charge in [0.2, 0.25) is 0 Å². The van der Waals surface area contributed by atoms with E-state index in [1.165, 1.54) is 31.4 Å². The fourth-order valence-electron chi connectivity index (χ4n) is 0.981. The molecule has 0 aromatic rings. The van der Waals surface area contributed by atoms with Gasteiger partial charge in [0.15, 0.2) is 0 Å².